The van der Waals surface area contributed by atoms with Crippen LogP contribution in [0.25, 0.3) is 0 Å². The Balaban J connectivity index is 1.83. The van der Waals surface area contributed by atoms with E-state index in [1.807, 2.05) is 0 Å². The highest BCUT2D eigenvalue weighted by Crippen LogP contribution is 2.10. The van der Waals surface area contributed by atoms with Gasteiger partial charge in [-0.15, -0.1) is 0 Å². The normalized spacial score (nSPS) is 24.9. The summed E-state index contributed by atoms with van der Waals surface area (Å²) in [5, 5.41) is 3.40. The van der Waals surface area contributed by atoms with Gasteiger partial charge in [-0.3, -0.25) is 0 Å². The highest BCUT2D eigenvalue weighted by molar-refractivity contribution is 4.67. The molecule has 3 N–H and O–H groups in total. The van der Waals surface area contributed by atoms with Gasteiger partial charge < -0.3 is 15.8 Å². The number of hydrogen-bond acceptors (Lipinski definition) is 3. The molecular formula is C10H22N2O. The van der Waals surface area contributed by atoms with Crippen molar-refractivity contribution in [1.29, 1.82) is 0 Å². The van der Waals surface area contributed by atoms with Crippen LogP contribution in [0.15, 0.2) is 0 Å². The lowest BCUT2D eigenvalue weighted by atomic mass is 10.2. The van der Waals surface area contributed by atoms with Crippen molar-refractivity contribution in [3.8, 4) is 0 Å². The van der Waals surface area contributed by atoms with Gasteiger partial charge in [0.1, 0.15) is 0 Å². The van der Waals surface area contributed by atoms with E-state index in [2.05, 4.69) is 12.2 Å². The molecule has 3 heteroatoms. The molecule has 1 aliphatic rings. The SMILES string of the molecule is CC(N)CCCNCC1CCCO1. The second-order valence-corrected chi connectivity index (χ2v) is 3.96. The third-order valence-electron chi connectivity index (χ3n) is 2.41. The molecule has 0 saturated carbocycles. The summed E-state index contributed by atoms with van der Waals surface area (Å²) in [7, 11) is 0. The van der Waals surface area contributed by atoms with E-state index in [9.17, 15) is 0 Å². The minimum Gasteiger partial charge on any atom is -0.377 e. The van der Waals surface area contributed by atoms with Gasteiger partial charge in [-0.1, -0.05) is 0 Å². The summed E-state index contributed by atoms with van der Waals surface area (Å²) in [5.74, 6) is 0. The van der Waals surface area contributed by atoms with Crippen LogP contribution in [0, 0.1) is 0 Å². The average molecular weight is 186 g/mol. The first-order valence-electron chi connectivity index (χ1n) is 5.37. The van der Waals surface area contributed by atoms with Crippen molar-refractivity contribution in [2.75, 3.05) is 19.7 Å². The zero-order valence-electron chi connectivity index (χ0n) is 8.59. The Labute approximate surface area is 81.0 Å². The second-order valence-electron chi connectivity index (χ2n) is 3.96. The lowest BCUT2D eigenvalue weighted by Gasteiger charge is -2.11. The molecule has 13 heavy (non-hydrogen) atoms. The van der Waals surface area contributed by atoms with Crippen molar-refractivity contribution in [3.05, 3.63) is 0 Å². The molecule has 1 saturated heterocycles. The Bertz CT molecular complexity index is 122. The largest absolute Gasteiger partial charge is 0.377 e. The van der Waals surface area contributed by atoms with E-state index in [1.165, 1.54) is 19.3 Å². The van der Waals surface area contributed by atoms with Crippen LogP contribution in [0.5, 0.6) is 0 Å². The third-order valence-corrected chi connectivity index (χ3v) is 2.41. The molecule has 0 spiro atoms. The van der Waals surface area contributed by atoms with Gasteiger partial charge in [0.25, 0.3) is 0 Å². The number of nitrogens with two attached hydrogens (primary N) is 1. The van der Waals surface area contributed by atoms with E-state index in [-0.39, 0.29) is 0 Å². The van der Waals surface area contributed by atoms with Crippen LogP contribution in [-0.4, -0.2) is 31.8 Å². The van der Waals surface area contributed by atoms with E-state index in [0.717, 1.165) is 26.1 Å². The maximum absolute atomic E-state index is 5.64. The van der Waals surface area contributed by atoms with Gasteiger partial charge in [0.2, 0.25) is 0 Å². The van der Waals surface area contributed by atoms with Gasteiger partial charge in [0.05, 0.1) is 6.10 Å². The van der Waals surface area contributed by atoms with Gasteiger partial charge in [-0.2, -0.15) is 0 Å². The predicted molar refractivity (Wildman–Crippen MR) is 54.7 cm³/mol. The predicted octanol–water partition coefficient (Wildman–Crippen LogP) is 0.882. The maximum atomic E-state index is 5.64. The van der Waals surface area contributed by atoms with Crippen LogP contribution in [0.2, 0.25) is 0 Å². The monoisotopic (exact) mass is 186 g/mol. The van der Waals surface area contributed by atoms with E-state index >= 15 is 0 Å². The average Bonchev–Trinajstić information content (AvgIpc) is 2.55. The Morgan fingerprint density at radius 1 is 1.62 bits per heavy atom. The summed E-state index contributed by atoms with van der Waals surface area (Å²) >= 11 is 0. The molecule has 2 atom stereocenters. The van der Waals surface area contributed by atoms with Crippen molar-refractivity contribution >= 4 is 0 Å². The molecule has 0 bridgehead atoms. The zero-order valence-corrected chi connectivity index (χ0v) is 8.59. The van der Waals surface area contributed by atoms with Crippen molar-refractivity contribution < 1.29 is 4.74 Å². The lowest BCUT2D eigenvalue weighted by molar-refractivity contribution is 0.110. The van der Waals surface area contributed by atoms with Crippen molar-refractivity contribution in [3.63, 3.8) is 0 Å². The molecule has 1 rings (SSSR count). The van der Waals surface area contributed by atoms with Gasteiger partial charge in [0, 0.05) is 19.2 Å². The van der Waals surface area contributed by atoms with Gasteiger partial charge in [-0.05, 0) is 39.2 Å². The van der Waals surface area contributed by atoms with Crippen LogP contribution >= 0.6 is 0 Å². The Morgan fingerprint density at radius 3 is 3.08 bits per heavy atom. The number of hydrogen-bond donors (Lipinski definition) is 2. The van der Waals surface area contributed by atoms with E-state index in [0.29, 0.717) is 12.1 Å². The van der Waals surface area contributed by atoms with Crippen LogP contribution in [0.3, 0.4) is 0 Å². The van der Waals surface area contributed by atoms with E-state index < -0.39 is 0 Å². The summed E-state index contributed by atoms with van der Waals surface area (Å²) in [5.41, 5.74) is 5.64. The zero-order chi connectivity index (χ0) is 9.52. The Kier molecular flexibility index (Phi) is 5.35. The van der Waals surface area contributed by atoms with Gasteiger partial charge in [0.15, 0.2) is 0 Å². The summed E-state index contributed by atoms with van der Waals surface area (Å²) in [6, 6.07) is 0.338. The van der Waals surface area contributed by atoms with Crippen LogP contribution < -0.4 is 11.1 Å². The summed E-state index contributed by atoms with van der Waals surface area (Å²) in [4.78, 5) is 0. The van der Waals surface area contributed by atoms with Crippen LogP contribution in [0.4, 0.5) is 0 Å². The van der Waals surface area contributed by atoms with Crippen molar-refractivity contribution in [2.24, 2.45) is 5.73 Å². The summed E-state index contributed by atoms with van der Waals surface area (Å²) < 4.78 is 5.49. The highest BCUT2D eigenvalue weighted by Gasteiger charge is 2.13. The van der Waals surface area contributed by atoms with Crippen LogP contribution in [-0.2, 0) is 4.74 Å². The lowest BCUT2D eigenvalue weighted by Crippen LogP contribution is -2.28. The number of ether oxygens (including phenoxy) is 1. The van der Waals surface area contributed by atoms with Crippen molar-refractivity contribution in [1.82, 2.24) is 5.32 Å². The molecule has 2 unspecified atom stereocenters. The minimum atomic E-state index is 0.338. The van der Waals surface area contributed by atoms with E-state index in [4.69, 9.17) is 10.5 Å². The molecule has 3 nitrogen and oxygen atoms in total. The smallest absolute Gasteiger partial charge is 0.0700 e. The van der Waals surface area contributed by atoms with Crippen LogP contribution in [0.1, 0.15) is 32.6 Å². The molecule has 0 amide bonds. The van der Waals surface area contributed by atoms with E-state index in [1.54, 1.807) is 0 Å². The third kappa shape index (κ3) is 5.24. The molecule has 0 radical (unpaired) electrons. The Morgan fingerprint density at radius 2 is 2.46 bits per heavy atom. The van der Waals surface area contributed by atoms with Gasteiger partial charge >= 0.3 is 0 Å². The van der Waals surface area contributed by atoms with Gasteiger partial charge in [-0.25, -0.2) is 0 Å². The number of rotatable bonds is 6. The molecule has 1 fully saturated rings. The molecule has 0 aliphatic carbocycles. The first-order chi connectivity index (χ1) is 6.29. The maximum Gasteiger partial charge on any atom is 0.0700 e. The second kappa shape index (κ2) is 6.35. The molecule has 0 aromatic rings. The summed E-state index contributed by atoms with van der Waals surface area (Å²) in [6.45, 7) is 5.09. The number of nitrogens with one attached hydrogen (secondary N) is 1. The standard InChI is InChI=1S/C10H22N2O/c1-9(11)4-2-6-12-8-10-5-3-7-13-10/h9-10,12H,2-8,11H2,1H3. The topological polar surface area (TPSA) is 47.3 Å². The molecule has 0 aromatic carbocycles. The minimum absolute atomic E-state index is 0.338. The molecule has 0 aromatic heterocycles. The summed E-state index contributed by atoms with van der Waals surface area (Å²) in [6.07, 6.45) is 5.20. The van der Waals surface area contributed by atoms with Crippen molar-refractivity contribution in [2.45, 2.75) is 44.8 Å². The highest BCUT2D eigenvalue weighted by atomic mass is 16.5. The Hall–Kier alpha value is -0.120. The fraction of sp³-hybridized carbons (Fsp3) is 1.00. The molecule has 1 heterocycles. The fourth-order valence-corrected chi connectivity index (χ4v) is 1.62. The molecular weight excluding hydrogens is 164 g/mol. The fourth-order valence-electron chi connectivity index (χ4n) is 1.62. The first kappa shape index (κ1) is 11.0. The molecule has 1 aliphatic heterocycles. The first-order valence-corrected chi connectivity index (χ1v) is 5.37. The quantitative estimate of drug-likeness (QED) is 0.605. The molecule has 78 valence electrons.